The van der Waals surface area contributed by atoms with Gasteiger partial charge in [-0.2, -0.15) is 4.31 Å². The van der Waals surface area contributed by atoms with Crippen molar-refractivity contribution < 1.29 is 17.9 Å². The molecule has 0 spiro atoms. The molecule has 0 heterocycles. The van der Waals surface area contributed by atoms with Gasteiger partial charge in [0.2, 0.25) is 15.9 Å². The van der Waals surface area contributed by atoms with Crippen LogP contribution in [0.2, 0.25) is 0 Å². The summed E-state index contributed by atoms with van der Waals surface area (Å²) in [5, 5.41) is 0. The molecule has 0 saturated carbocycles. The number of sulfonamides is 1. The van der Waals surface area contributed by atoms with Crippen LogP contribution in [0.3, 0.4) is 0 Å². The molecule has 0 aromatic rings. The van der Waals surface area contributed by atoms with Crippen molar-refractivity contribution >= 4 is 15.9 Å². The van der Waals surface area contributed by atoms with Gasteiger partial charge >= 0.3 is 0 Å². The van der Waals surface area contributed by atoms with Gasteiger partial charge in [-0.05, 0) is 12.8 Å². The molecule has 0 bridgehead atoms. The normalized spacial score (nSPS) is 11.8. The summed E-state index contributed by atoms with van der Waals surface area (Å²) < 4.78 is 29.3. The van der Waals surface area contributed by atoms with Crippen LogP contribution in [0.5, 0.6) is 0 Å². The van der Waals surface area contributed by atoms with E-state index in [1.807, 2.05) is 6.92 Å². The molecule has 1 amide bonds. The number of carbonyl (C=O) groups is 1. The van der Waals surface area contributed by atoms with Crippen LogP contribution >= 0.6 is 0 Å². The monoisotopic (exact) mass is 294 g/mol. The number of rotatable bonds is 10. The van der Waals surface area contributed by atoms with Crippen LogP contribution in [0.15, 0.2) is 0 Å². The Morgan fingerprint density at radius 2 is 1.84 bits per heavy atom. The van der Waals surface area contributed by atoms with Gasteiger partial charge in [-0.1, -0.05) is 13.3 Å². The molecule has 0 aliphatic heterocycles. The van der Waals surface area contributed by atoms with E-state index < -0.39 is 10.0 Å². The van der Waals surface area contributed by atoms with Crippen LogP contribution < -0.4 is 0 Å². The van der Waals surface area contributed by atoms with Gasteiger partial charge in [-0.15, -0.1) is 0 Å². The summed E-state index contributed by atoms with van der Waals surface area (Å²) in [6, 6.07) is 0. The Balaban J connectivity index is 4.43. The number of nitrogens with zero attached hydrogens (tertiary/aromatic N) is 2. The Morgan fingerprint density at radius 3 is 2.32 bits per heavy atom. The molecule has 0 aromatic heterocycles. The minimum Gasteiger partial charge on any atom is -0.385 e. The Morgan fingerprint density at radius 1 is 1.21 bits per heavy atom. The van der Waals surface area contributed by atoms with Crippen LogP contribution in [-0.4, -0.2) is 70.2 Å². The SMILES string of the molecule is CCCCN(C)C(=O)CN(CCCOC)S(C)(=O)=O. The van der Waals surface area contributed by atoms with Gasteiger partial charge in [0, 0.05) is 33.9 Å². The first-order chi connectivity index (χ1) is 8.82. The van der Waals surface area contributed by atoms with Gasteiger partial charge in [0.05, 0.1) is 12.8 Å². The van der Waals surface area contributed by atoms with E-state index in [0.717, 1.165) is 19.1 Å². The quantitative estimate of drug-likeness (QED) is 0.552. The number of amides is 1. The van der Waals surface area contributed by atoms with Crippen molar-refractivity contribution in [3.63, 3.8) is 0 Å². The lowest BCUT2D eigenvalue weighted by Gasteiger charge is -2.23. The summed E-state index contributed by atoms with van der Waals surface area (Å²) in [5.74, 6) is -0.170. The molecule has 0 radical (unpaired) electrons. The van der Waals surface area contributed by atoms with Gasteiger partial charge in [-0.25, -0.2) is 8.42 Å². The lowest BCUT2D eigenvalue weighted by Crippen LogP contribution is -2.42. The highest BCUT2D eigenvalue weighted by molar-refractivity contribution is 7.88. The fraction of sp³-hybridized carbons (Fsp3) is 0.917. The molecule has 0 atom stereocenters. The third-order valence-electron chi connectivity index (χ3n) is 2.81. The second-order valence-electron chi connectivity index (χ2n) is 4.61. The zero-order valence-corrected chi connectivity index (χ0v) is 13.2. The fourth-order valence-corrected chi connectivity index (χ4v) is 2.34. The number of hydrogen-bond donors (Lipinski definition) is 0. The summed E-state index contributed by atoms with van der Waals surface area (Å²) >= 11 is 0. The van der Waals surface area contributed by atoms with E-state index in [2.05, 4.69) is 0 Å². The first-order valence-corrected chi connectivity index (χ1v) is 8.35. The molecule has 0 aliphatic carbocycles. The standard InChI is InChI=1S/C12H26N2O4S/c1-5-6-8-13(2)12(15)11-14(19(4,16)17)9-7-10-18-3/h5-11H2,1-4H3. The number of hydrogen-bond acceptors (Lipinski definition) is 4. The summed E-state index contributed by atoms with van der Waals surface area (Å²) in [4.78, 5) is 13.5. The Labute approximate surface area is 116 Å². The second-order valence-corrected chi connectivity index (χ2v) is 6.59. The van der Waals surface area contributed by atoms with E-state index in [4.69, 9.17) is 4.74 Å². The third kappa shape index (κ3) is 8.18. The van der Waals surface area contributed by atoms with Crippen molar-refractivity contribution in [1.29, 1.82) is 0 Å². The molecule has 0 aliphatic rings. The molecule has 114 valence electrons. The van der Waals surface area contributed by atoms with E-state index in [-0.39, 0.29) is 12.5 Å². The first kappa shape index (κ1) is 18.3. The maximum atomic E-state index is 11.9. The number of carbonyl (C=O) groups excluding carboxylic acids is 1. The summed E-state index contributed by atoms with van der Waals surface area (Å²) in [5.41, 5.74) is 0. The molecular formula is C12H26N2O4S. The molecule has 19 heavy (non-hydrogen) atoms. The molecule has 0 unspecified atom stereocenters. The Kier molecular flexibility index (Phi) is 8.95. The number of ether oxygens (including phenoxy) is 1. The van der Waals surface area contributed by atoms with Crippen LogP contribution in [0, 0.1) is 0 Å². The average Bonchev–Trinajstić information content (AvgIpc) is 2.33. The number of unbranched alkanes of at least 4 members (excludes halogenated alkanes) is 1. The highest BCUT2D eigenvalue weighted by atomic mass is 32.2. The van der Waals surface area contributed by atoms with Gasteiger partial charge in [0.15, 0.2) is 0 Å². The number of likely N-dealkylation sites (N-methyl/N-ethyl adjacent to an activating group) is 1. The minimum atomic E-state index is -3.36. The van der Waals surface area contributed by atoms with Crippen LogP contribution in [0.4, 0.5) is 0 Å². The van der Waals surface area contributed by atoms with E-state index in [1.54, 1.807) is 19.1 Å². The smallest absolute Gasteiger partial charge is 0.237 e. The zero-order chi connectivity index (χ0) is 14.9. The molecule has 0 rings (SSSR count). The average molecular weight is 294 g/mol. The van der Waals surface area contributed by atoms with E-state index >= 15 is 0 Å². The van der Waals surface area contributed by atoms with Crippen molar-refractivity contribution in [2.45, 2.75) is 26.2 Å². The van der Waals surface area contributed by atoms with Crippen molar-refractivity contribution in [2.75, 3.05) is 46.7 Å². The van der Waals surface area contributed by atoms with E-state index in [1.165, 1.54) is 4.31 Å². The van der Waals surface area contributed by atoms with Crippen molar-refractivity contribution in [3.8, 4) is 0 Å². The lowest BCUT2D eigenvalue weighted by molar-refractivity contribution is -0.130. The maximum absolute atomic E-state index is 11.9. The van der Waals surface area contributed by atoms with Gasteiger partial charge < -0.3 is 9.64 Å². The molecule has 0 N–H and O–H groups in total. The van der Waals surface area contributed by atoms with Crippen LogP contribution in [-0.2, 0) is 19.6 Å². The molecular weight excluding hydrogens is 268 g/mol. The van der Waals surface area contributed by atoms with Gasteiger partial charge in [0.1, 0.15) is 0 Å². The lowest BCUT2D eigenvalue weighted by atomic mass is 10.3. The Bertz CT molecular complexity index is 357. The largest absolute Gasteiger partial charge is 0.385 e. The molecule has 0 fully saturated rings. The van der Waals surface area contributed by atoms with Gasteiger partial charge in [-0.3, -0.25) is 4.79 Å². The summed E-state index contributed by atoms with van der Waals surface area (Å²) in [6.45, 7) is 3.39. The topological polar surface area (TPSA) is 66.9 Å². The molecule has 0 aromatic carbocycles. The van der Waals surface area contributed by atoms with Crippen LogP contribution in [0.25, 0.3) is 0 Å². The minimum absolute atomic E-state index is 0.0945. The van der Waals surface area contributed by atoms with Crippen molar-refractivity contribution in [2.24, 2.45) is 0 Å². The molecule has 0 saturated heterocycles. The fourth-order valence-electron chi connectivity index (χ4n) is 1.54. The predicted molar refractivity (Wildman–Crippen MR) is 75.5 cm³/mol. The number of methoxy groups -OCH3 is 1. The summed E-state index contributed by atoms with van der Waals surface area (Å²) in [7, 11) is -0.0982. The maximum Gasteiger partial charge on any atom is 0.237 e. The van der Waals surface area contributed by atoms with Crippen molar-refractivity contribution in [3.05, 3.63) is 0 Å². The van der Waals surface area contributed by atoms with Crippen molar-refractivity contribution in [1.82, 2.24) is 9.21 Å². The second kappa shape index (κ2) is 9.28. The van der Waals surface area contributed by atoms with Crippen LogP contribution in [0.1, 0.15) is 26.2 Å². The zero-order valence-electron chi connectivity index (χ0n) is 12.4. The molecule has 6 nitrogen and oxygen atoms in total. The van der Waals surface area contributed by atoms with E-state index in [9.17, 15) is 13.2 Å². The third-order valence-corrected chi connectivity index (χ3v) is 4.06. The predicted octanol–water partition coefficient (Wildman–Crippen LogP) is 0.543. The molecule has 7 heteroatoms. The van der Waals surface area contributed by atoms with E-state index in [0.29, 0.717) is 26.1 Å². The highest BCUT2D eigenvalue weighted by Crippen LogP contribution is 2.02. The van der Waals surface area contributed by atoms with Gasteiger partial charge in [0.25, 0.3) is 0 Å². The first-order valence-electron chi connectivity index (χ1n) is 6.51. The Hall–Kier alpha value is -0.660. The highest BCUT2D eigenvalue weighted by Gasteiger charge is 2.21. The summed E-state index contributed by atoms with van der Waals surface area (Å²) in [6.07, 6.45) is 3.63.